The molecule has 0 aliphatic heterocycles. The molecule has 0 atom stereocenters. The van der Waals surface area contributed by atoms with Gasteiger partial charge in [0.1, 0.15) is 6.54 Å². The summed E-state index contributed by atoms with van der Waals surface area (Å²) in [5.74, 6) is 1.44. The fourth-order valence-corrected chi connectivity index (χ4v) is 2.68. The Balaban J connectivity index is 0.00000300. The minimum atomic E-state index is -0.0557. The highest BCUT2D eigenvalue weighted by atomic mass is 127. The first-order valence-electron chi connectivity index (χ1n) is 9.42. The van der Waals surface area contributed by atoms with Crippen molar-refractivity contribution in [2.75, 3.05) is 19.6 Å². The van der Waals surface area contributed by atoms with Crippen LogP contribution in [0, 0.1) is 0 Å². The highest BCUT2D eigenvalue weighted by Crippen LogP contribution is 2.03. The fourth-order valence-electron chi connectivity index (χ4n) is 2.68. The van der Waals surface area contributed by atoms with E-state index in [2.05, 4.69) is 31.1 Å². The number of pyridine rings is 1. The lowest BCUT2D eigenvalue weighted by molar-refractivity contribution is 0.0953. The zero-order chi connectivity index (χ0) is 19.6. The number of nitrogens with one attached hydrogen (secondary N) is 3. The number of guanidine groups is 1. The second-order valence-electron chi connectivity index (χ2n) is 6.14. The summed E-state index contributed by atoms with van der Waals surface area (Å²) in [6.07, 6.45) is 2.72. The van der Waals surface area contributed by atoms with Crippen LogP contribution in [0.4, 0.5) is 0 Å². The quantitative estimate of drug-likeness (QED) is 0.188. The summed E-state index contributed by atoms with van der Waals surface area (Å²) in [7, 11) is 0. The molecule has 154 valence electrons. The van der Waals surface area contributed by atoms with Gasteiger partial charge in [-0.3, -0.25) is 9.20 Å². The molecule has 9 heteroatoms. The van der Waals surface area contributed by atoms with Gasteiger partial charge in [-0.25, -0.2) is 4.99 Å². The van der Waals surface area contributed by atoms with Crippen molar-refractivity contribution < 1.29 is 4.79 Å². The van der Waals surface area contributed by atoms with Crippen molar-refractivity contribution in [2.24, 2.45) is 4.99 Å². The Labute approximate surface area is 187 Å². The van der Waals surface area contributed by atoms with E-state index in [1.807, 2.05) is 53.9 Å². The first kappa shape index (κ1) is 22.6. The topological polar surface area (TPSA) is 95.7 Å². The monoisotopic (exact) mass is 507 g/mol. The molecule has 3 aromatic rings. The Morgan fingerprint density at radius 3 is 2.55 bits per heavy atom. The molecular weight excluding hydrogens is 481 g/mol. The van der Waals surface area contributed by atoms with Gasteiger partial charge < -0.3 is 16.0 Å². The third-order valence-corrected chi connectivity index (χ3v) is 4.07. The molecule has 1 aromatic carbocycles. The molecule has 0 saturated heterocycles. The van der Waals surface area contributed by atoms with Gasteiger partial charge in [-0.2, -0.15) is 0 Å². The van der Waals surface area contributed by atoms with Crippen molar-refractivity contribution >= 4 is 41.5 Å². The minimum absolute atomic E-state index is 0. The lowest BCUT2D eigenvalue weighted by atomic mass is 10.2. The van der Waals surface area contributed by atoms with E-state index >= 15 is 0 Å². The van der Waals surface area contributed by atoms with Crippen LogP contribution in [-0.4, -0.2) is 46.1 Å². The molecule has 0 bridgehead atoms. The summed E-state index contributed by atoms with van der Waals surface area (Å²) in [6, 6.07) is 15.0. The average molecular weight is 507 g/mol. The first-order valence-corrected chi connectivity index (χ1v) is 9.42. The van der Waals surface area contributed by atoms with Gasteiger partial charge in [-0.05, 0) is 37.6 Å². The fraction of sp³-hybridized carbons (Fsp3) is 0.300. The number of aliphatic imine (C=N–C) groups is 1. The second-order valence-corrected chi connectivity index (χ2v) is 6.14. The molecule has 0 aliphatic carbocycles. The molecule has 0 saturated carbocycles. The molecule has 2 aromatic heterocycles. The molecule has 0 aliphatic rings. The van der Waals surface area contributed by atoms with Crippen molar-refractivity contribution in [1.82, 2.24) is 30.5 Å². The van der Waals surface area contributed by atoms with Gasteiger partial charge in [-0.15, -0.1) is 34.2 Å². The first-order chi connectivity index (χ1) is 13.8. The maximum atomic E-state index is 12.0. The molecule has 0 radical (unpaired) electrons. The molecule has 3 rings (SSSR count). The summed E-state index contributed by atoms with van der Waals surface area (Å²) < 4.78 is 1.92. The normalized spacial score (nSPS) is 11.0. The Kier molecular flexibility index (Phi) is 9.35. The number of benzene rings is 1. The van der Waals surface area contributed by atoms with Crippen LogP contribution in [0.3, 0.4) is 0 Å². The third-order valence-electron chi connectivity index (χ3n) is 4.07. The average Bonchev–Trinajstić information content (AvgIpc) is 3.15. The van der Waals surface area contributed by atoms with Gasteiger partial charge in [0.25, 0.3) is 5.91 Å². The van der Waals surface area contributed by atoms with Gasteiger partial charge in [0.15, 0.2) is 17.4 Å². The Hall–Kier alpha value is -2.69. The van der Waals surface area contributed by atoms with Gasteiger partial charge >= 0.3 is 0 Å². The van der Waals surface area contributed by atoms with Gasteiger partial charge in [-0.1, -0.05) is 24.3 Å². The van der Waals surface area contributed by atoms with Crippen LogP contribution in [0.15, 0.2) is 59.7 Å². The van der Waals surface area contributed by atoms with E-state index in [4.69, 9.17) is 0 Å². The largest absolute Gasteiger partial charge is 0.357 e. The number of carbonyl (C=O) groups excluding carboxylic acids is 1. The zero-order valence-electron chi connectivity index (χ0n) is 16.3. The lowest BCUT2D eigenvalue weighted by Gasteiger charge is -2.11. The summed E-state index contributed by atoms with van der Waals surface area (Å²) in [5, 5.41) is 17.7. The number of carbonyl (C=O) groups is 1. The molecule has 0 fully saturated rings. The number of hydrogen-bond donors (Lipinski definition) is 3. The molecule has 0 spiro atoms. The smallest absolute Gasteiger partial charge is 0.251 e. The number of hydrogen-bond acceptors (Lipinski definition) is 4. The van der Waals surface area contributed by atoms with E-state index in [1.54, 1.807) is 12.1 Å². The van der Waals surface area contributed by atoms with Crippen LogP contribution in [0.2, 0.25) is 0 Å². The molecule has 29 heavy (non-hydrogen) atoms. The molecule has 2 heterocycles. The van der Waals surface area contributed by atoms with Crippen LogP contribution >= 0.6 is 24.0 Å². The highest BCUT2D eigenvalue weighted by Gasteiger charge is 2.05. The van der Waals surface area contributed by atoms with E-state index in [0.29, 0.717) is 31.2 Å². The Morgan fingerprint density at radius 2 is 1.76 bits per heavy atom. The van der Waals surface area contributed by atoms with Gasteiger partial charge in [0, 0.05) is 31.4 Å². The zero-order valence-corrected chi connectivity index (χ0v) is 18.7. The highest BCUT2D eigenvalue weighted by molar-refractivity contribution is 14.0. The standard InChI is InChI=1S/C20H25N7O.HI/c1-2-21-20(24-15-18-26-25-17-11-6-7-14-27(17)18)23-13-8-12-22-19(28)16-9-4-3-5-10-16;/h3-7,9-11,14H,2,8,12-13,15H2,1H3,(H,22,28)(H2,21,23,24);1H. The van der Waals surface area contributed by atoms with Crippen LogP contribution in [0.1, 0.15) is 29.5 Å². The number of nitrogens with zero attached hydrogens (tertiary/aromatic N) is 4. The van der Waals surface area contributed by atoms with Crippen molar-refractivity contribution in [1.29, 1.82) is 0 Å². The Bertz CT molecular complexity index is 927. The molecule has 8 nitrogen and oxygen atoms in total. The van der Waals surface area contributed by atoms with E-state index in [0.717, 1.165) is 24.4 Å². The van der Waals surface area contributed by atoms with Crippen molar-refractivity contribution in [2.45, 2.75) is 19.9 Å². The van der Waals surface area contributed by atoms with Crippen LogP contribution < -0.4 is 16.0 Å². The predicted octanol–water partition coefficient (Wildman–Crippen LogP) is 2.22. The van der Waals surface area contributed by atoms with E-state index in [1.165, 1.54) is 0 Å². The van der Waals surface area contributed by atoms with Gasteiger partial charge in [0.05, 0.1) is 0 Å². The van der Waals surface area contributed by atoms with Crippen LogP contribution in [-0.2, 0) is 6.54 Å². The van der Waals surface area contributed by atoms with Gasteiger partial charge in [0.2, 0.25) is 0 Å². The number of aromatic nitrogens is 3. The molecule has 3 N–H and O–H groups in total. The van der Waals surface area contributed by atoms with E-state index < -0.39 is 0 Å². The molecule has 1 amide bonds. The number of amides is 1. The lowest BCUT2D eigenvalue weighted by Crippen LogP contribution is -2.38. The predicted molar refractivity (Wildman–Crippen MR) is 125 cm³/mol. The van der Waals surface area contributed by atoms with E-state index in [-0.39, 0.29) is 29.9 Å². The maximum Gasteiger partial charge on any atom is 0.251 e. The number of rotatable bonds is 8. The number of fused-ring (bicyclic) bond motifs is 1. The van der Waals surface area contributed by atoms with Crippen LogP contribution in [0.5, 0.6) is 0 Å². The van der Waals surface area contributed by atoms with E-state index in [9.17, 15) is 4.79 Å². The summed E-state index contributed by atoms with van der Waals surface area (Å²) >= 11 is 0. The second kappa shape index (κ2) is 12.0. The van der Waals surface area contributed by atoms with Crippen molar-refractivity contribution in [3.63, 3.8) is 0 Å². The summed E-state index contributed by atoms with van der Waals surface area (Å²) in [6.45, 7) is 4.49. The third kappa shape index (κ3) is 6.70. The molecule has 0 unspecified atom stereocenters. The SMILES string of the molecule is CCNC(=NCc1nnc2ccccn12)NCCCNC(=O)c1ccccc1.I. The number of halogens is 1. The Morgan fingerprint density at radius 1 is 1.00 bits per heavy atom. The van der Waals surface area contributed by atoms with Crippen molar-refractivity contribution in [3.8, 4) is 0 Å². The summed E-state index contributed by atoms with van der Waals surface area (Å²) in [5.41, 5.74) is 1.48. The maximum absolute atomic E-state index is 12.0. The minimum Gasteiger partial charge on any atom is -0.357 e. The summed E-state index contributed by atoms with van der Waals surface area (Å²) in [4.78, 5) is 16.6. The molecular formula is C20H26IN7O. The van der Waals surface area contributed by atoms with Crippen molar-refractivity contribution in [3.05, 3.63) is 66.1 Å². The van der Waals surface area contributed by atoms with Crippen LogP contribution in [0.25, 0.3) is 5.65 Å².